The van der Waals surface area contributed by atoms with Gasteiger partial charge in [-0.15, -0.1) is 0 Å². The smallest absolute Gasteiger partial charge is 0.219 e. The van der Waals surface area contributed by atoms with Gasteiger partial charge in [0.2, 0.25) is 5.88 Å². The number of aromatic nitrogens is 1. The lowest BCUT2D eigenvalue weighted by Crippen LogP contribution is -2.17. The molecule has 0 fully saturated rings. The highest BCUT2D eigenvalue weighted by atomic mass is 16.5. The first-order valence-corrected chi connectivity index (χ1v) is 8.28. The monoisotopic (exact) mass is 325 g/mol. The Balaban J connectivity index is 2.40. The van der Waals surface area contributed by atoms with Crippen molar-refractivity contribution in [3.63, 3.8) is 0 Å². The number of benzene rings is 1. The molecule has 0 amide bonds. The van der Waals surface area contributed by atoms with Crippen molar-refractivity contribution in [2.75, 3.05) is 0 Å². The summed E-state index contributed by atoms with van der Waals surface area (Å²) < 4.78 is 6.02. The van der Waals surface area contributed by atoms with Crippen molar-refractivity contribution in [2.45, 2.75) is 59.3 Å². The Morgan fingerprint density at radius 2 is 1.62 bits per heavy atom. The summed E-state index contributed by atoms with van der Waals surface area (Å²) in [5.41, 5.74) is 3.05. The van der Waals surface area contributed by atoms with Crippen LogP contribution in [0.15, 0.2) is 36.5 Å². The van der Waals surface area contributed by atoms with Gasteiger partial charge < -0.3 is 4.74 Å². The van der Waals surface area contributed by atoms with Crippen LogP contribution in [0, 0.1) is 0 Å². The molecule has 3 heteroatoms. The molecule has 0 saturated carbocycles. The van der Waals surface area contributed by atoms with Crippen LogP contribution in [-0.2, 0) is 10.8 Å². The van der Waals surface area contributed by atoms with Crippen molar-refractivity contribution in [2.24, 2.45) is 0 Å². The Morgan fingerprint density at radius 3 is 2.08 bits per heavy atom. The summed E-state index contributed by atoms with van der Waals surface area (Å²) in [5, 5.41) is 0. The number of hydrogen-bond acceptors (Lipinski definition) is 3. The van der Waals surface area contributed by atoms with Gasteiger partial charge in [0.25, 0.3) is 0 Å². The first-order chi connectivity index (χ1) is 11.0. The molecule has 0 spiro atoms. The van der Waals surface area contributed by atoms with Gasteiger partial charge in [-0.05, 0) is 35.4 Å². The maximum absolute atomic E-state index is 11.4. The molecule has 24 heavy (non-hydrogen) atoms. The first-order valence-electron chi connectivity index (χ1n) is 8.28. The zero-order chi connectivity index (χ0) is 18.1. The third kappa shape index (κ3) is 4.22. The number of pyridine rings is 1. The van der Waals surface area contributed by atoms with Crippen molar-refractivity contribution in [1.82, 2.24) is 4.98 Å². The predicted octanol–water partition coefficient (Wildman–Crippen LogP) is 5.67. The average Bonchev–Trinajstić information content (AvgIpc) is 2.46. The van der Waals surface area contributed by atoms with E-state index in [4.69, 9.17) is 4.74 Å². The molecule has 2 aromatic rings. The van der Waals surface area contributed by atoms with E-state index >= 15 is 0 Å². The Kier molecular flexibility index (Phi) is 4.84. The van der Waals surface area contributed by atoms with Gasteiger partial charge >= 0.3 is 0 Å². The summed E-state index contributed by atoms with van der Waals surface area (Å²) in [5.74, 6) is 1.30. The SMILES string of the molecule is CC(=O)c1ccc(Oc2ccc(C(C)(C)C)cc2C(C)(C)C)nc1. The van der Waals surface area contributed by atoms with E-state index in [1.165, 1.54) is 12.5 Å². The second-order valence-electron chi connectivity index (χ2n) is 8.25. The van der Waals surface area contributed by atoms with E-state index in [9.17, 15) is 4.79 Å². The van der Waals surface area contributed by atoms with Crippen LogP contribution in [0.3, 0.4) is 0 Å². The van der Waals surface area contributed by atoms with Crippen LogP contribution in [0.4, 0.5) is 0 Å². The highest BCUT2D eigenvalue weighted by Crippen LogP contribution is 2.37. The maximum Gasteiger partial charge on any atom is 0.219 e. The largest absolute Gasteiger partial charge is 0.439 e. The second-order valence-corrected chi connectivity index (χ2v) is 8.25. The third-order valence-electron chi connectivity index (χ3n) is 4.01. The molecule has 0 bridgehead atoms. The van der Waals surface area contributed by atoms with Crippen LogP contribution >= 0.6 is 0 Å². The van der Waals surface area contributed by atoms with E-state index in [0.29, 0.717) is 11.4 Å². The number of carbonyl (C=O) groups excluding carboxylic acids is 1. The number of nitrogens with zero attached hydrogens (tertiary/aromatic N) is 1. The molecule has 0 aliphatic heterocycles. The van der Waals surface area contributed by atoms with Gasteiger partial charge in [0.1, 0.15) is 5.75 Å². The lowest BCUT2D eigenvalue weighted by atomic mass is 9.80. The molecule has 2 rings (SSSR count). The molecule has 0 radical (unpaired) electrons. The number of ketones is 1. The minimum Gasteiger partial charge on any atom is -0.439 e. The Morgan fingerprint density at radius 1 is 0.958 bits per heavy atom. The Bertz CT molecular complexity index is 732. The van der Waals surface area contributed by atoms with Gasteiger partial charge in [-0.2, -0.15) is 0 Å². The van der Waals surface area contributed by atoms with Crippen molar-refractivity contribution in [1.29, 1.82) is 0 Å². The second kappa shape index (κ2) is 6.39. The van der Waals surface area contributed by atoms with E-state index in [1.54, 1.807) is 18.3 Å². The molecule has 128 valence electrons. The summed E-state index contributed by atoms with van der Waals surface area (Å²) in [6, 6.07) is 9.82. The molecular weight excluding hydrogens is 298 g/mol. The number of Topliss-reactive ketones (excluding diaryl/α,β-unsaturated/α-hetero) is 1. The minimum absolute atomic E-state index is 0.000962. The maximum atomic E-state index is 11.4. The van der Waals surface area contributed by atoms with E-state index < -0.39 is 0 Å². The van der Waals surface area contributed by atoms with Crippen molar-refractivity contribution >= 4 is 5.78 Å². The van der Waals surface area contributed by atoms with Crippen LogP contribution < -0.4 is 4.74 Å². The fraction of sp³-hybridized carbons (Fsp3) is 0.429. The zero-order valence-corrected chi connectivity index (χ0v) is 15.7. The van der Waals surface area contributed by atoms with Crippen LogP contribution in [0.5, 0.6) is 11.6 Å². The van der Waals surface area contributed by atoms with Gasteiger partial charge in [-0.25, -0.2) is 4.98 Å². The van der Waals surface area contributed by atoms with E-state index in [0.717, 1.165) is 11.3 Å². The van der Waals surface area contributed by atoms with Crippen molar-refractivity contribution < 1.29 is 9.53 Å². The lowest BCUT2D eigenvalue weighted by molar-refractivity contribution is 0.101. The number of carbonyl (C=O) groups is 1. The fourth-order valence-electron chi connectivity index (χ4n) is 2.43. The van der Waals surface area contributed by atoms with E-state index in [-0.39, 0.29) is 16.6 Å². The third-order valence-corrected chi connectivity index (χ3v) is 4.01. The minimum atomic E-state index is -0.0457. The van der Waals surface area contributed by atoms with Gasteiger partial charge in [0.05, 0.1) is 0 Å². The molecule has 3 nitrogen and oxygen atoms in total. The molecule has 0 atom stereocenters. The van der Waals surface area contributed by atoms with Crippen molar-refractivity contribution in [3.05, 3.63) is 53.2 Å². The van der Waals surface area contributed by atoms with Gasteiger partial charge in [-0.1, -0.05) is 53.7 Å². The van der Waals surface area contributed by atoms with Gasteiger partial charge in [-0.3, -0.25) is 4.79 Å². The molecular formula is C21H27NO2. The summed E-state index contributed by atoms with van der Waals surface area (Å²) in [6.07, 6.45) is 1.55. The summed E-state index contributed by atoms with van der Waals surface area (Å²) in [4.78, 5) is 15.6. The summed E-state index contributed by atoms with van der Waals surface area (Å²) >= 11 is 0. The highest BCUT2D eigenvalue weighted by molar-refractivity contribution is 5.93. The van der Waals surface area contributed by atoms with Crippen LogP contribution in [-0.4, -0.2) is 10.8 Å². The standard InChI is InChI=1S/C21H27NO2/c1-14(23)15-8-11-19(22-13-15)24-18-10-9-16(20(2,3)4)12-17(18)21(5,6)7/h8-13H,1-7H3. The lowest BCUT2D eigenvalue weighted by Gasteiger charge is -2.27. The Labute approximate surface area is 145 Å². The summed E-state index contributed by atoms with van der Waals surface area (Å²) in [6.45, 7) is 14.7. The average molecular weight is 325 g/mol. The van der Waals surface area contributed by atoms with Crippen LogP contribution in [0.2, 0.25) is 0 Å². The topological polar surface area (TPSA) is 39.2 Å². The fourth-order valence-corrected chi connectivity index (χ4v) is 2.43. The first kappa shape index (κ1) is 18.2. The molecule has 0 saturated heterocycles. The summed E-state index contributed by atoms with van der Waals surface area (Å²) in [7, 11) is 0. The molecule has 1 aromatic carbocycles. The zero-order valence-electron chi connectivity index (χ0n) is 15.7. The molecule has 0 N–H and O–H groups in total. The number of ether oxygens (including phenoxy) is 1. The highest BCUT2D eigenvalue weighted by Gasteiger charge is 2.23. The van der Waals surface area contributed by atoms with Gasteiger partial charge in [0.15, 0.2) is 5.78 Å². The molecule has 1 heterocycles. The quantitative estimate of drug-likeness (QED) is 0.682. The normalized spacial score (nSPS) is 12.1. The number of hydrogen-bond donors (Lipinski definition) is 0. The predicted molar refractivity (Wildman–Crippen MR) is 98.2 cm³/mol. The molecule has 0 aliphatic carbocycles. The molecule has 0 unspecified atom stereocenters. The van der Waals surface area contributed by atoms with E-state index in [2.05, 4.69) is 58.7 Å². The van der Waals surface area contributed by atoms with E-state index in [1.807, 2.05) is 6.07 Å². The number of rotatable bonds is 3. The van der Waals surface area contributed by atoms with Crippen LogP contribution in [0.1, 0.15) is 70.0 Å². The Hall–Kier alpha value is -2.16. The molecule has 0 aliphatic rings. The molecule has 1 aromatic heterocycles. The van der Waals surface area contributed by atoms with Crippen LogP contribution in [0.25, 0.3) is 0 Å². The van der Waals surface area contributed by atoms with Gasteiger partial charge in [0, 0.05) is 23.4 Å². The van der Waals surface area contributed by atoms with Crippen molar-refractivity contribution in [3.8, 4) is 11.6 Å².